The summed E-state index contributed by atoms with van der Waals surface area (Å²) in [6.45, 7) is 4.46. The zero-order valence-corrected chi connectivity index (χ0v) is 11.3. The molecule has 1 aromatic rings. The van der Waals surface area contributed by atoms with Crippen molar-refractivity contribution < 1.29 is 0 Å². The van der Waals surface area contributed by atoms with Gasteiger partial charge in [0.15, 0.2) is 0 Å². The molecule has 3 atom stereocenters. The molecule has 0 aliphatic heterocycles. The monoisotopic (exact) mass is 238 g/mol. The summed E-state index contributed by atoms with van der Waals surface area (Å²) in [7, 11) is 2.09. The molecule has 16 heavy (non-hydrogen) atoms. The molecule has 1 aromatic heterocycles. The highest BCUT2D eigenvalue weighted by Gasteiger charge is 2.28. The molecule has 0 saturated heterocycles. The van der Waals surface area contributed by atoms with Crippen LogP contribution in [0.15, 0.2) is 5.38 Å². The molecule has 0 radical (unpaired) electrons. The minimum atomic E-state index is 0.617. The number of nitrogens with one attached hydrogen (secondary N) is 1. The Morgan fingerprint density at radius 1 is 1.56 bits per heavy atom. The zero-order valence-electron chi connectivity index (χ0n) is 10.5. The van der Waals surface area contributed by atoms with Crippen molar-refractivity contribution in [3.63, 3.8) is 0 Å². The van der Waals surface area contributed by atoms with Gasteiger partial charge in [0.05, 0.1) is 10.7 Å². The molecule has 90 valence electrons. The van der Waals surface area contributed by atoms with E-state index in [-0.39, 0.29) is 0 Å². The molecule has 1 aliphatic carbocycles. The maximum Gasteiger partial charge on any atom is 0.0897 e. The van der Waals surface area contributed by atoms with Crippen LogP contribution in [0.1, 0.15) is 36.9 Å². The van der Waals surface area contributed by atoms with E-state index < -0.39 is 0 Å². The van der Waals surface area contributed by atoms with Crippen LogP contribution in [0.3, 0.4) is 0 Å². The van der Waals surface area contributed by atoms with Gasteiger partial charge in [-0.1, -0.05) is 13.3 Å². The van der Waals surface area contributed by atoms with E-state index in [1.54, 1.807) is 11.3 Å². The van der Waals surface area contributed by atoms with Crippen LogP contribution in [0.25, 0.3) is 0 Å². The first-order valence-electron chi connectivity index (χ1n) is 6.27. The van der Waals surface area contributed by atoms with Gasteiger partial charge in [-0.05, 0) is 38.6 Å². The molecular formula is C13H22N2S. The first-order chi connectivity index (χ1) is 7.69. The van der Waals surface area contributed by atoms with Gasteiger partial charge in [0.25, 0.3) is 0 Å². The van der Waals surface area contributed by atoms with Gasteiger partial charge in [0, 0.05) is 17.8 Å². The van der Waals surface area contributed by atoms with Crippen LogP contribution in [0, 0.1) is 18.8 Å². The topological polar surface area (TPSA) is 24.9 Å². The predicted molar refractivity (Wildman–Crippen MR) is 69.9 cm³/mol. The molecule has 0 aromatic carbocycles. The van der Waals surface area contributed by atoms with Gasteiger partial charge in [0.2, 0.25) is 0 Å². The predicted octanol–water partition coefficient (Wildman–Crippen LogP) is 3.02. The fourth-order valence-electron chi connectivity index (χ4n) is 2.85. The Labute approximate surface area is 102 Å². The fraction of sp³-hybridized carbons (Fsp3) is 0.769. The minimum Gasteiger partial charge on any atom is -0.316 e. The van der Waals surface area contributed by atoms with Crippen LogP contribution < -0.4 is 5.32 Å². The van der Waals surface area contributed by atoms with Gasteiger partial charge in [-0.3, -0.25) is 0 Å². The third kappa shape index (κ3) is 2.83. The molecule has 0 amide bonds. The number of aryl methyl sites for hydroxylation is 1. The summed E-state index contributed by atoms with van der Waals surface area (Å²) in [5.41, 5.74) is 1.27. The Morgan fingerprint density at radius 2 is 2.38 bits per heavy atom. The molecule has 2 rings (SSSR count). The lowest BCUT2D eigenvalue weighted by Crippen LogP contribution is -2.34. The van der Waals surface area contributed by atoms with Gasteiger partial charge in [-0.25, -0.2) is 4.98 Å². The highest BCUT2D eigenvalue weighted by atomic mass is 32.1. The van der Waals surface area contributed by atoms with E-state index in [9.17, 15) is 0 Å². The summed E-state index contributed by atoms with van der Waals surface area (Å²) in [4.78, 5) is 4.57. The van der Waals surface area contributed by atoms with Crippen molar-refractivity contribution in [3.8, 4) is 0 Å². The molecule has 0 spiro atoms. The zero-order chi connectivity index (χ0) is 11.5. The van der Waals surface area contributed by atoms with E-state index in [0.29, 0.717) is 6.04 Å². The average Bonchev–Trinajstić information content (AvgIpc) is 2.84. The van der Waals surface area contributed by atoms with Crippen molar-refractivity contribution in [3.05, 3.63) is 16.1 Å². The molecule has 1 aliphatic rings. The number of rotatable bonds is 4. The third-order valence-corrected chi connectivity index (χ3v) is 4.59. The molecule has 0 bridgehead atoms. The van der Waals surface area contributed by atoms with Crippen LogP contribution in [0.2, 0.25) is 0 Å². The first-order valence-corrected chi connectivity index (χ1v) is 7.15. The van der Waals surface area contributed by atoms with Crippen molar-refractivity contribution in [2.24, 2.45) is 11.8 Å². The molecule has 2 nitrogen and oxygen atoms in total. The van der Waals surface area contributed by atoms with E-state index in [0.717, 1.165) is 18.3 Å². The molecule has 1 saturated carbocycles. The second kappa shape index (κ2) is 5.28. The number of thiazole rings is 1. The number of aromatic nitrogens is 1. The Morgan fingerprint density at radius 3 is 2.88 bits per heavy atom. The number of nitrogens with zero attached hydrogens (tertiary/aromatic N) is 1. The summed E-state index contributed by atoms with van der Waals surface area (Å²) in [6.07, 6.45) is 5.27. The molecule has 1 N–H and O–H groups in total. The molecule has 3 heteroatoms. The van der Waals surface area contributed by atoms with Crippen molar-refractivity contribution in [1.29, 1.82) is 0 Å². The summed E-state index contributed by atoms with van der Waals surface area (Å²) < 4.78 is 0. The molecule has 1 fully saturated rings. The normalized spacial score (nSPS) is 27.2. The Bertz CT molecular complexity index is 334. The Hall–Kier alpha value is -0.410. The lowest BCUT2D eigenvalue weighted by Gasteiger charge is -2.22. The van der Waals surface area contributed by atoms with E-state index in [1.165, 1.54) is 30.0 Å². The minimum absolute atomic E-state index is 0.617. The second-order valence-electron chi connectivity index (χ2n) is 5.14. The quantitative estimate of drug-likeness (QED) is 0.872. The maximum atomic E-state index is 4.57. The van der Waals surface area contributed by atoms with Gasteiger partial charge < -0.3 is 5.32 Å². The van der Waals surface area contributed by atoms with E-state index >= 15 is 0 Å². The van der Waals surface area contributed by atoms with Crippen molar-refractivity contribution in [2.45, 2.75) is 45.6 Å². The van der Waals surface area contributed by atoms with Gasteiger partial charge in [-0.2, -0.15) is 0 Å². The number of likely N-dealkylation sites (N-methyl/N-ethyl adjacent to an activating group) is 1. The smallest absolute Gasteiger partial charge is 0.0897 e. The lowest BCUT2D eigenvalue weighted by molar-refractivity contribution is 0.365. The molecule has 3 unspecified atom stereocenters. The van der Waals surface area contributed by atoms with E-state index in [1.807, 2.05) is 0 Å². The van der Waals surface area contributed by atoms with Crippen molar-refractivity contribution >= 4 is 11.3 Å². The van der Waals surface area contributed by atoms with Crippen molar-refractivity contribution in [1.82, 2.24) is 10.3 Å². The average molecular weight is 238 g/mol. The molecular weight excluding hydrogens is 216 g/mol. The van der Waals surface area contributed by atoms with E-state index in [2.05, 4.69) is 36.6 Å². The Balaban J connectivity index is 1.95. The van der Waals surface area contributed by atoms with Gasteiger partial charge in [0.1, 0.15) is 0 Å². The highest BCUT2D eigenvalue weighted by Crippen LogP contribution is 2.33. The van der Waals surface area contributed by atoms with Gasteiger partial charge >= 0.3 is 0 Å². The molecule has 1 heterocycles. The third-order valence-electron chi connectivity index (χ3n) is 3.77. The van der Waals surface area contributed by atoms with Crippen LogP contribution in [0.4, 0.5) is 0 Å². The SMILES string of the molecule is CNC(Cc1csc(C)n1)C1CCC(C)C1. The number of hydrogen-bond donors (Lipinski definition) is 1. The second-order valence-corrected chi connectivity index (χ2v) is 6.20. The first kappa shape index (κ1) is 12.1. The van der Waals surface area contributed by atoms with Gasteiger partial charge in [-0.15, -0.1) is 11.3 Å². The van der Waals surface area contributed by atoms with Crippen LogP contribution in [0.5, 0.6) is 0 Å². The van der Waals surface area contributed by atoms with Crippen LogP contribution in [-0.4, -0.2) is 18.1 Å². The summed E-state index contributed by atoms with van der Waals surface area (Å²) in [6, 6.07) is 0.617. The largest absolute Gasteiger partial charge is 0.316 e. The maximum absolute atomic E-state index is 4.57. The number of hydrogen-bond acceptors (Lipinski definition) is 3. The van der Waals surface area contributed by atoms with Crippen LogP contribution in [-0.2, 0) is 6.42 Å². The fourth-order valence-corrected chi connectivity index (χ4v) is 3.47. The summed E-state index contributed by atoms with van der Waals surface area (Å²) >= 11 is 1.76. The Kier molecular flexibility index (Phi) is 3.98. The summed E-state index contributed by atoms with van der Waals surface area (Å²) in [5.74, 6) is 1.76. The highest BCUT2D eigenvalue weighted by molar-refractivity contribution is 7.09. The summed E-state index contributed by atoms with van der Waals surface area (Å²) in [5, 5.41) is 6.88. The van der Waals surface area contributed by atoms with E-state index in [4.69, 9.17) is 0 Å². The van der Waals surface area contributed by atoms with Crippen molar-refractivity contribution in [2.75, 3.05) is 7.05 Å². The lowest BCUT2D eigenvalue weighted by atomic mass is 9.93. The van der Waals surface area contributed by atoms with Crippen LogP contribution >= 0.6 is 11.3 Å². The standard InChI is InChI=1S/C13H22N2S/c1-9-4-5-11(6-9)13(14-3)7-12-8-16-10(2)15-12/h8-9,11,13-14H,4-7H2,1-3H3.